The topological polar surface area (TPSA) is 63.4 Å². The Bertz CT molecular complexity index is 1130. The molecule has 3 aromatic rings. The number of primary amides is 1. The molecule has 0 unspecified atom stereocenters. The second-order valence-corrected chi connectivity index (χ2v) is 7.76. The van der Waals surface area contributed by atoms with Gasteiger partial charge in [-0.05, 0) is 66.4 Å². The van der Waals surface area contributed by atoms with Gasteiger partial charge in [-0.25, -0.2) is 0 Å². The molecule has 0 aliphatic carbocycles. The van der Waals surface area contributed by atoms with Crippen LogP contribution in [0.5, 0.6) is 0 Å². The number of carbonyl (C=O) groups excluding carboxylic acids is 2. The van der Waals surface area contributed by atoms with Crippen molar-refractivity contribution in [3.8, 4) is 11.1 Å². The van der Waals surface area contributed by atoms with Crippen molar-refractivity contribution < 1.29 is 9.59 Å². The molecule has 6 heteroatoms. The van der Waals surface area contributed by atoms with Gasteiger partial charge in [0.1, 0.15) is 0 Å². The average Bonchev–Trinajstić information content (AvgIpc) is 2.73. The van der Waals surface area contributed by atoms with Crippen LogP contribution in [0.1, 0.15) is 32.7 Å². The maximum absolute atomic E-state index is 13.1. The van der Waals surface area contributed by atoms with Gasteiger partial charge in [0.2, 0.25) is 5.91 Å². The lowest BCUT2D eigenvalue weighted by molar-refractivity contribution is 0.0981. The normalized spacial score (nSPS) is 13.1. The third kappa shape index (κ3) is 3.74. The maximum Gasteiger partial charge on any atom is 0.259 e. The molecule has 29 heavy (non-hydrogen) atoms. The molecular formula is C23H18Cl2N2O2. The van der Waals surface area contributed by atoms with E-state index in [2.05, 4.69) is 0 Å². The van der Waals surface area contributed by atoms with Crippen LogP contribution in [-0.2, 0) is 6.42 Å². The van der Waals surface area contributed by atoms with Crippen LogP contribution in [0.25, 0.3) is 11.1 Å². The molecule has 0 spiro atoms. The molecule has 2 N–H and O–H groups in total. The van der Waals surface area contributed by atoms with E-state index < -0.39 is 5.91 Å². The highest BCUT2D eigenvalue weighted by Gasteiger charge is 2.25. The summed E-state index contributed by atoms with van der Waals surface area (Å²) in [5, 5.41) is 0.978. The number of benzene rings is 3. The predicted octanol–water partition coefficient (Wildman–Crippen LogP) is 5.35. The van der Waals surface area contributed by atoms with Gasteiger partial charge < -0.3 is 10.6 Å². The Morgan fingerprint density at radius 3 is 2.48 bits per heavy atom. The number of amides is 2. The Kier molecular flexibility index (Phi) is 5.31. The minimum atomic E-state index is -0.502. The lowest BCUT2D eigenvalue weighted by Crippen LogP contribution is -2.35. The van der Waals surface area contributed by atoms with E-state index in [9.17, 15) is 9.59 Å². The highest BCUT2D eigenvalue weighted by Crippen LogP contribution is 2.36. The summed E-state index contributed by atoms with van der Waals surface area (Å²) < 4.78 is 0. The molecule has 0 saturated heterocycles. The highest BCUT2D eigenvalue weighted by atomic mass is 35.5. The van der Waals surface area contributed by atoms with Crippen LogP contribution < -0.4 is 10.6 Å². The molecule has 0 bridgehead atoms. The molecule has 0 saturated carbocycles. The molecular weight excluding hydrogens is 407 g/mol. The Hall–Kier alpha value is -2.82. The first-order valence-corrected chi connectivity index (χ1v) is 10.0. The van der Waals surface area contributed by atoms with Crippen molar-refractivity contribution >= 4 is 40.7 Å². The number of carbonyl (C=O) groups is 2. The number of hydrogen-bond acceptors (Lipinski definition) is 2. The number of halogens is 2. The van der Waals surface area contributed by atoms with E-state index >= 15 is 0 Å². The second kappa shape index (κ2) is 7.90. The van der Waals surface area contributed by atoms with Crippen LogP contribution in [0.4, 0.5) is 5.69 Å². The summed E-state index contributed by atoms with van der Waals surface area (Å²) in [6.45, 7) is 0.633. The van der Waals surface area contributed by atoms with E-state index in [0.717, 1.165) is 35.2 Å². The van der Waals surface area contributed by atoms with Gasteiger partial charge in [-0.15, -0.1) is 0 Å². The van der Waals surface area contributed by atoms with Crippen LogP contribution in [0.2, 0.25) is 10.0 Å². The average molecular weight is 425 g/mol. The van der Waals surface area contributed by atoms with Gasteiger partial charge in [-0.3, -0.25) is 9.59 Å². The number of hydrogen-bond donors (Lipinski definition) is 1. The van der Waals surface area contributed by atoms with Crippen molar-refractivity contribution in [2.24, 2.45) is 5.73 Å². The number of rotatable bonds is 3. The van der Waals surface area contributed by atoms with E-state index in [1.807, 2.05) is 18.2 Å². The molecule has 1 aliphatic rings. The molecule has 2 amide bonds. The molecule has 146 valence electrons. The monoisotopic (exact) mass is 424 g/mol. The van der Waals surface area contributed by atoms with Gasteiger partial charge in [0.05, 0.1) is 10.6 Å². The van der Waals surface area contributed by atoms with Crippen molar-refractivity contribution in [2.45, 2.75) is 12.8 Å². The third-order valence-electron chi connectivity index (χ3n) is 5.11. The van der Waals surface area contributed by atoms with Gasteiger partial charge in [-0.1, -0.05) is 41.4 Å². The van der Waals surface area contributed by atoms with E-state index in [-0.39, 0.29) is 5.91 Å². The van der Waals surface area contributed by atoms with Gasteiger partial charge in [0.25, 0.3) is 5.91 Å². The number of fused-ring (bicyclic) bond motifs is 1. The number of nitrogens with zero attached hydrogens (tertiary/aromatic N) is 1. The first kappa shape index (κ1) is 19.5. The minimum Gasteiger partial charge on any atom is -0.366 e. The first-order valence-electron chi connectivity index (χ1n) is 9.25. The fourth-order valence-corrected chi connectivity index (χ4v) is 4.10. The fraction of sp³-hybridized carbons (Fsp3) is 0.130. The minimum absolute atomic E-state index is 0.113. The zero-order chi connectivity index (χ0) is 20.5. The van der Waals surface area contributed by atoms with E-state index in [0.29, 0.717) is 27.7 Å². The predicted molar refractivity (Wildman–Crippen MR) is 117 cm³/mol. The number of anilines is 1. The summed E-state index contributed by atoms with van der Waals surface area (Å²) in [6.07, 6.45) is 1.70. The van der Waals surface area contributed by atoms with Crippen molar-refractivity contribution in [3.05, 3.63) is 87.4 Å². The molecule has 0 atom stereocenters. The molecule has 0 radical (unpaired) electrons. The number of nitrogens with two attached hydrogens (primary N) is 1. The molecule has 3 aromatic carbocycles. The van der Waals surface area contributed by atoms with Gasteiger partial charge >= 0.3 is 0 Å². The van der Waals surface area contributed by atoms with Crippen LogP contribution in [0.15, 0.2) is 60.7 Å². The zero-order valence-electron chi connectivity index (χ0n) is 15.5. The van der Waals surface area contributed by atoms with Crippen molar-refractivity contribution in [1.29, 1.82) is 0 Å². The van der Waals surface area contributed by atoms with Crippen LogP contribution in [-0.4, -0.2) is 18.4 Å². The van der Waals surface area contributed by atoms with Gasteiger partial charge in [0, 0.05) is 28.4 Å². The van der Waals surface area contributed by atoms with Crippen LogP contribution >= 0.6 is 23.2 Å². The van der Waals surface area contributed by atoms with Crippen LogP contribution in [0, 0.1) is 0 Å². The molecule has 1 aliphatic heterocycles. The quantitative estimate of drug-likeness (QED) is 0.615. The summed E-state index contributed by atoms with van der Waals surface area (Å²) in [6, 6.07) is 17.9. The van der Waals surface area contributed by atoms with Gasteiger partial charge in [0.15, 0.2) is 0 Å². The Labute approximate surface area is 178 Å². The molecule has 4 rings (SSSR count). The molecule has 1 heterocycles. The van der Waals surface area contributed by atoms with E-state index in [1.54, 1.807) is 47.4 Å². The Morgan fingerprint density at radius 2 is 1.72 bits per heavy atom. The van der Waals surface area contributed by atoms with Gasteiger partial charge in [-0.2, -0.15) is 0 Å². The van der Waals surface area contributed by atoms with Crippen LogP contribution in [0.3, 0.4) is 0 Å². The highest BCUT2D eigenvalue weighted by molar-refractivity contribution is 6.34. The molecule has 0 aromatic heterocycles. The molecule has 4 nitrogen and oxygen atoms in total. The lowest BCUT2D eigenvalue weighted by Gasteiger charge is -2.30. The Balaban J connectivity index is 1.73. The fourth-order valence-electron chi connectivity index (χ4n) is 3.66. The van der Waals surface area contributed by atoms with Crippen molar-refractivity contribution in [3.63, 3.8) is 0 Å². The first-order chi connectivity index (χ1) is 14.0. The summed E-state index contributed by atoms with van der Waals surface area (Å²) in [5.74, 6) is -0.615. The standard InChI is InChI=1S/C23H18Cl2N2O2/c24-19-6-2-1-5-17(19)23(29)27-11-3-4-15-12-14(8-10-21(15)27)18-13-16(22(26)28)7-9-20(18)25/h1-2,5-10,12-13H,3-4,11H2,(H2,26,28). The second-order valence-electron chi connectivity index (χ2n) is 6.94. The summed E-state index contributed by atoms with van der Waals surface area (Å²) in [5.41, 5.74) is 9.83. The Morgan fingerprint density at radius 1 is 0.931 bits per heavy atom. The van der Waals surface area contributed by atoms with Crippen molar-refractivity contribution in [1.82, 2.24) is 0 Å². The SMILES string of the molecule is NC(=O)c1ccc(Cl)c(-c2ccc3c(c2)CCCN3C(=O)c2ccccc2Cl)c1. The zero-order valence-corrected chi connectivity index (χ0v) is 17.0. The summed E-state index contributed by atoms with van der Waals surface area (Å²) in [4.78, 5) is 26.4. The maximum atomic E-state index is 13.1. The molecule has 0 fully saturated rings. The summed E-state index contributed by atoms with van der Waals surface area (Å²) in [7, 11) is 0. The lowest BCUT2D eigenvalue weighted by atomic mass is 9.95. The summed E-state index contributed by atoms with van der Waals surface area (Å²) >= 11 is 12.6. The van der Waals surface area contributed by atoms with Crippen molar-refractivity contribution in [2.75, 3.05) is 11.4 Å². The smallest absolute Gasteiger partial charge is 0.259 e. The van der Waals surface area contributed by atoms with E-state index in [4.69, 9.17) is 28.9 Å². The van der Waals surface area contributed by atoms with E-state index in [1.165, 1.54) is 0 Å². The largest absolute Gasteiger partial charge is 0.366 e. The third-order valence-corrected chi connectivity index (χ3v) is 5.77. The number of aryl methyl sites for hydroxylation is 1.